The number of aliphatic hydroxyl groups excluding tert-OH is 1. The molecule has 4 rings (SSSR count). The number of para-hydroxylation sites is 2. The average Bonchev–Trinajstić information content (AvgIpc) is 3.16. The van der Waals surface area contributed by atoms with E-state index in [9.17, 15) is 9.67 Å². The van der Waals surface area contributed by atoms with E-state index in [4.69, 9.17) is 32.2 Å². The molecule has 4 aromatic rings. The van der Waals surface area contributed by atoms with Crippen molar-refractivity contribution in [1.29, 1.82) is 0 Å². The lowest BCUT2D eigenvalue weighted by molar-refractivity contribution is 0.264. The van der Waals surface area contributed by atoms with E-state index in [-0.39, 0.29) is 18.8 Å². The van der Waals surface area contributed by atoms with Gasteiger partial charge in [0.1, 0.15) is 35.2 Å². The zero-order valence-electron chi connectivity index (χ0n) is 19.7. The number of halogens is 2. The number of benzene rings is 3. The monoisotopic (exact) mass is 562 g/mol. The minimum atomic E-state index is -3.85. The minimum absolute atomic E-state index is 0.0261. The zero-order chi connectivity index (χ0) is 25.7. The van der Waals surface area contributed by atoms with Crippen LogP contribution in [0.3, 0.4) is 0 Å². The number of aromatic nitrogens is 2. The smallest absolute Gasteiger partial charge is 0.415 e. The van der Waals surface area contributed by atoms with Gasteiger partial charge in [0.25, 0.3) is 0 Å². The van der Waals surface area contributed by atoms with Crippen molar-refractivity contribution >= 4 is 42.6 Å². The maximum atomic E-state index is 14.3. The molecule has 0 spiro atoms. The molecule has 1 aromatic heterocycles. The van der Waals surface area contributed by atoms with Crippen LogP contribution in [0.2, 0.25) is 10.0 Å². The maximum absolute atomic E-state index is 14.3. The predicted molar refractivity (Wildman–Crippen MR) is 145 cm³/mol. The standard InChI is InChI=1S/C26H25Cl2N2O4PS/c1-18(2)25-26(36-23-14-19(27)13-20(28)15-23)30(24(16-31)29-25)17-35(32,33-21-9-5-3-6-10-21)34-22-11-7-4-8-12-22/h3-15,18,31H,16-17H2,1-2H3. The Labute approximate surface area is 224 Å². The molecule has 0 fully saturated rings. The first-order valence-electron chi connectivity index (χ1n) is 11.2. The number of aliphatic hydroxyl groups is 1. The molecule has 3 aromatic carbocycles. The molecule has 1 N–H and O–H groups in total. The van der Waals surface area contributed by atoms with Gasteiger partial charge in [-0.1, -0.05) is 85.2 Å². The van der Waals surface area contributed by atoms with Crippen molar-refractivity contribution in [2.24, 2.45) is 0 Å². The van der Waals surface area contributed by atoms with E-state index in [0.29, 0.717) is 32.4 Å². The van der Waals surface area contributed by atoms with Crippen LogP contribution in [-0.2, 0) is 17.5 Å². The van der Waals surface area contributed by atoms with Crippen LogP contribution in [0.25, 0.3) is 0 Å². The Morgan fingerprint density at radius 1 is 0.944 bits per heavy atom. The first-order chi connectivity index (χ1) is 17.3. The Hall–Kier alpha value is -2.41. The number of nitrogens with zero attached hydrogens (tertiary/aromatic N) is 2. The van der Waals surface area contributed by atoms with Crippen molar-refractivity contribution in [3.63, 3.8) is 0 Å². The third-order valence-corrected chi connectivity index (χ3v) is 8.19. The predicted octanol–water partition coefficient (Wildman–Crippen LogP) is 8.27. The van der Waals surface area contributed by atoms with E-state index in [1.807, 2.05) is 26.0 Å². The largest absolute Gasteiger partial charge is 0.450 e. The molecule has 6 nitrogen and oxygen atoms in total. The fourth-order valence-corrected chi connectivity index (χ4v) is 7.19. The zero-order valence-corrected chi connectivity index (χ0v) is 22.9. The molecular formula is C26H25Cl2N2O4PS. The van der Waals surface area contributed by atoms with Crippen LogP contribution < -0.4 is 9.05 Å². The Kier molecular flexibility index (Phi) is 8.70. The lowest BCUT2D eigenvalue weighted by Crippen LogP contribution is -2.12. The average molecular weight is 563 g/mol. The molecular weight excluding hydrogens is 538 g/mol. The second-order valence-electron chi connectivity index (χ2n) is 8.23. The Morgan fingerprint density at radius 3 is 1.94 bits per heavy atom. The summed E-state index contributed by atoms with van der Waals surface area (Å²) in [5.74, 6) is 1.19. The molecule has 1 heterocycles. The van der Waals surface area contributed by atoms with Gasteiger partial charge in [0.15, 0.2) is 0 Å². The minimum Gasteiger partial charge on any atom is -0.415 e. The van der Waals surface area contributed by atoms with Crippen LogP contribution in [-0.4, -0.2) is 14.7 Å². The van der Waals surface area contributed by atoms with Crippen molar-refractivity contribution in [2.45, 2.75) is 42.6 Å². The second kappa shape index (κ2) is 11.8. The molecule has 0 saturated heterocycles. The molecule has 0 unspecified atom stereocenters. The van der Waals surface area contributed by atoms with Gasteiger partial charge >= 0.3 is 7.60 Å². The summed E-state index contributed by atoms with van der Waals surface area (Å²) < 4.78 is 27.9. The van der Waals surface area contributed by atoms with Gasteiger partial charge in [-0.15, -0.1) is 0 Å². The van der Waals surface area contributed by atoms with E-state index < -0.39 is 7.60 Å². The molecule has 36 heavy (non-hydrogen) atoms. The Balaban J connectivity index is 1.79. The van der Waals surface area contributed by atoms with Crippen LogP contribution in [0.1, 0.15) is 31.3 Å². The summed E-state index contributed by atoms with van der Waals surface area (Å²) >= 11 is 13.8. The summed E-state index contributed by atoms with van der Waals surface area (Å²) in [6.45, 7) is 3.65. The van der Waals surface area contributed by atoms with Crippen molar-refractivity contribution in [3.05, 3.63) is 100 Å². The summed E-state index contributed by atoms with van der Waals surface area (Å²) in [7, 11) is -3.85. The highest BCUT2D eigenvalue weighted by atomic mass is 35.5. The topological polar surface area (TPSA) is 73.6 Å². The fourth-order valence-electron chi connectivity index (χ4n) is 3.49. The number of rotatable bonds is 10. The highest BCUT2D eigenvalue weighted by Gasteiger charge is 2.33. The van der Waals surface area contributed by atoms with Gasteiger partial charge in [-0.2, -0.15) is 0 Å². The highest BCUT2D eigenvalue weighted by Crippen LogP contribution is 2.51. The van der Waals surface area contributed by atoms with Gasteiger partial charge in [-0.3, -0.25) is 0 Å². The summed E-state index contributed by atoms with van der Waals surface area (Å²) in [5.41, 5.74) is 0.742. The summed E-state index contributed by atoms with van der Waals surface area (Å²) in [6.07, 6.45) is -0.178. The normalized spacial score (nSPS) is 11.6. The van der Waals surface area contributed by atoms with E-state index >= 15 is 0 Å². The number of imidazole rings is 1. The van der Waals surface area contributed by atoms with Gasteiger partial charge < -0.3 is 18.7 Å². The van der Waals surface area contributed by atoms with Gasteiger partial charge in [0, 0.05) is 14.9 Å². The van der Waals surface area contributed by atoms with Crippen molar-refractivity contribution < 1.29 is 18.7 Å². The van der Waals surface area contributed by atoms with Crippen LogP contribution in [0.4, 0.5) is 0 Å². The highest BCUT2D eigenvalue weighted by molar-refractivity contribution is 7.99. The van der Waals surface area contributed by atoms with E-state index in [2.05, 4.69) is 4.98 Å². The summed E-state index contributed by atoms with van der Waals surface area (Å²) in [6, 6.07) is 22.9. The molecule has 0 saturated carbocycles. The van der Waals surface area contributed by atoms with E-state index in [0.717, 1.165) is 10.6 Å². The van der Waals surface area contributed by atoms with Crippen LogP contribution in [0, 0.1) is 0 Å². The molecule has 0 amide bonds. The van der Waals surface area contributed by atoms with Gasteiger partial charge in [-0.05, 0) is 48.4 Å². The van der Waals surface area contributed by atoms with E-state index in [1.54, 1.807) is 71.3 Å². The number of hydrogen-bond acceptors (Lipinski definition) is 6. The molecule has 0 radical (unpaired) electrons. The second-order valence-corrected chi connectivity index (χ2v) is 12.0. The first kappa shape index (κ1) is 26.6. The molecule has 0 bridgehead atoms. The third kappa shape index (κ3) is 6.67. The molecule has 0 aliphatic rings. The van der Waals surface area contributed by atoms with Crippen molar-refractivity contribution in [2.75, 3.05) is 0 Å². The maximum Gasteiger partial charge on any atom is 0.450 e. The molecule has 10 heteroatoms. The molecule has 0 atom stereocenters. The van der Waals surface area contributed by atoms with Crippen LogP contribution >= 0.6 is 42.6 Å². The Morgan fingerprint density at radius 2 is 1.47 bits per heavy atom. The molecule has 188 valence electrons. The number of hydrogen-bond donors (Lipinski definition) is 1. The lowest BCUT2D eigenvalue weighted by atomic mass is 10.2. The first-order valence-corrected chi connectivity index (χ1v) is 14.5. The van der Waals surface area contributed by atoms with Gasteiger partial charge in [0.2, 0.25) is 0 Å². The van der Waals surface area contributed by atoms with Crippen molar-refractivity contribution in [1.82, 2.24) is 9.55 Å². The third-order valence-electron chi connectivity index (χ3n) is 5.05. The summed E-state index contributed by atoms with van der Waals surface area (Å²) in [5, 5.41) is 11.8. The van der Waals surface area contributed by atoms with Crippen LogP contribution in [0.15, 0.2) is 88.8 Å². The van der Waals surface area contributed by atoms with E-state index in [1.165, 1.54) is 11.8 Å². The fraction of sp³-hybridized carbons (Fsp3) is 0.192. The Bertz CT molecular complexity index is 1300. The van der Waals surface area contributed by atoms with Crippen LogP contribution in [0.5, 0.6) is 11.5 Å². The quantitative estimate of drug-likeness (QED) is 0.196. The van der Waals surface area contributed by atoms with Gasteiger partial charge in [-0.25, -0.2) is 9.55 Å². The molecule has 0 aliphatic heterocycles. The SMILES string of the molecule is CC(C)c1nc(CO)n(CP(=O)(Oc2ccccc2)Oc2ccccc2)c1Sc1cc(Cl)cc(Cl)c1. The summed E-state index contributed by atoms with van der Waals surface area (Å²) in [4.78, 5) is 5.44. The van der Waals surface area contributed by atoms with Crippen molar-refractivity contribution in [3.8, 4) is 11.5 Å². The molecule has 0 aliphatic carbocycles. The van der Waals surface area contributed by atoms with Gasteiger partial charge in [0.05, 0.1) is 5.69 Å². The lowest BCUT2D eigenvalue weighted by Gasteiger charge is -2.22.